The number of hydrogen-bond donors (Lipinski definition) is 0. The molecule has 2 aliphatic rings. The topological polar surface area (TPSA) is 87.7 Å². The summed E-state index contributed by atoms with van der Waals surface area (Å²) in [5.41, 5.74) is 2.03. The first-order valence-corrected chi connectivity index (χ1v) is 10.6. The lowest BCUT2D eigenvalue weighted by Crippen LogP contribution is -2.36. The van der Waals surface area contributed by atoms with Crippen LogP contribution in [0.15, 0.2) is 62.5 Å². The second-order valence-corrected chi connectivity index (χ2v) is 8.06. The summed E-state index contributed by atoms with van der Waals surface area (Å²) in [6, 6.07) is 14.6. The lowest BCUT2D eigenvalue weighted by molar-refractivity contribution is -0.151. The number of pyridine rings is 1. The van der Waals surface area contributed by atoms with Crippen LogP contribution in [0.1, 0.15) is 29.5 Å². The van der Waals surface area contributed by atoms with Crippen LogP contribution in [-0.2, 0) is 22.5 Å². The van der Waals surface area contributed by atoms with Crippen LogP contribution in [0, 0.1) is 0 Å². The summed E-state index contributed by atoms with van der Waals surface area (Å²) in [7, 11) is 0. The van der Waals surface area contributed by atoms with E-state index in [4.69, 9.17) is 13.9 Å². The maximum absolute atomic E-state index is 13.6. The standard InChI is InChI=1S/C25H19NO6/c1-2-30-25(29)22-18(19-21(32-22)15-8-3-4-9-17(15)31-24(19)28)16-12-14-7-5-6-13-10-11-26(20(13)14)23(16)27/h3-9,12,18,22H,2,10-11H2,1H3/t18-,22-/m1/s1. The van der Waals surface area contributed by atoms with Crippen molar-refractivity contribution in [2.45, 2.75) is 31.9 Å². The van der Waals surface area contributed by atoms with Gasteiger partial charge in [0.2, 0.25) is 6.10 Å². The number of fused-ring (bicyclic) bond motifs is 3. The Morgan fingerprint density at radius 1 is 1.16 bits per heavy atom. The summed E-state index contributed by atoms with van der Waals surface area (Å²) in [6.07, 6.45) is -0.386. The highest BCUT2D eigenvalue weighted by Crippen LogP contribution is 2.44. The van der Waals surface area contributed by atoms with E-state index >= 15 is 0 Å². The third-order valence-electron chi connectivity index (χ3n) is 6.34. The summed E-state index contributed by atoms with van der Waals surface area (Å²) in [6.45, 7) is 2.41. The molecule has 0 unspecified atom stereocenters. The van der Waals surface area contributed by atoms with Gasteiger partial charge in [-0.3, -0.25) is 4.79 Å². The molecule has 0 spiro atoms. The first kappa shape index (κ1) is 18.9. The number of aryl methyl sites for hydroxylation is 2. The summed E-state index contributed by atoms with van der Waals surface area (Å²) in [5.74, 6) is -1.27. The van der Waals surface area contributed by atoms with Crippen molar-refractivity contribution < 1.29 is 18.7 Å². The van der Waals surface area contributed by atoms with Crippen molar-refractivity contribution in [1.82, 2.24) is 4.57 Å². The predicted molar refractivity (Wildman–Crippen MR) is 117 cm³/mol. The van der Waals surface area contributed by atoms with Gasteiger partial charge < -0.3 is 18.5 Å². The molecule has 2 atom stereocenters. The van der Waals surface area contributed by atoms with Crippen LogP contribution < -0.4 is 15.9 Å². The monoisotopic (exact) mass is 429 g/mol. The second-order valence-electron chi connectivity index (χ2n) is 8.06. The van der Waals surface area contributed by atoms with Gasteiger partial charge in [-0.05, 0) is 42.5 Å². The van der Waals surface area contributed by atoms with Gasteiger partial charge in [-0.25, -0.2) is 9.59 Å². The molecule has 2 aromatic carbocycles. The van der Waals surface area contributed by atoms with Gasteiger partial charge in [0.25, 0.3) is 5.56 Å². The fourth-order valence-corrected chi connectivity index (χ4v) is 5.02. The van der Waals surface area contributed by atoms with E-state index in [2.05, 4.69) is 0 Å². The number of rotatable bonds is 3. The molecule has 7 heteroatoms. The molecule has 0 N–H and O–H groups in total. The van der Waals surface area contributed by atoms with Crippen molar-refractivity contribution >= 4 is 27.8 Å². The van der Waals surface area contributed by atoms with Gasteiger partial charge in [-0.15, -0.1) is 0 Å². The van der Waals surface area contributed by atoms with E-state index in [1.807, 2.05) is 18.2 Å². The van der Waals surface area contributed by atoms with Crippen LogP contribution in [0.4, 0.5) is 0 Å². The molecule has 7 nitrogen and oxygen atoms in total. The zero-order valence-corrected chi connectivity index (χ0v) is 17.3. The van der Waals surface area contributed by atoms with Gasteiger partial charge in [0, 0.05) is 12.1 Å². The molecule has 4 heterocycles. The van der Waals surface area contributed by atoms with Crippen molar-refractivity contribution in [2.24, 2.45) is 0 Å². The normalized spacial score (nSPS) is 18.7. The van der Waals surface area contributed by atoms with E-state index in [9.17, 15) is 14.4 Å². The summed E-state index contributed by atoms with van der Waals surface area (Å²) < 4.78 is 18.6. The lowest BCUT2D eigenvalue weighted by Gasteiger charge is -2.18. The summed E-state index contributed by atoms with van der Waals surface area (Å²) in [4.78, 5) is 39.5. The minimum Gasteiger partial charge on any atom is -0.476 e. The van der Waals surface area contributed by atoms with Gasteiger partial charge in [0.15, 0.2) is 0 Å². The zero-order chi connectivity index (χ0) is 22.0. The number of nitrogens with zero attached hydrogens (tertiary/aromatic N) is 1. The highest BCUT2D eigenvalue weighted by atomic mass is 16.6. The first-order valence-electron chi connectivity index (χ1n) is 10.6. The quantitative estimate of drug-likeness (QED) is 0.367. The number of ether oxygens (including phenoxy) is 2. The Hall–Kier alpha value is -3.87. The molecule has 4 aromatic rings. The molecule has 0 fully saturated rings. The SMILES string of the molecule is CCOC(=O)[C@@H]1Oc2c(c(=O)oc3ccccc23)[C@H]1c1cc2cccc3c2n(c1=O)CC3. The molecule has 0 saturated carbocycles. The highest BCUT2D eigenvalue weighted by molar-refractivity contribution is 5.89. The Balaban J connectivity index is 1.66. The van der Waals surface area contributed by atoms with Crippen LogP contribution in [0.2, 0.25) is 0 Å². The largest absolute Gasteiger partial charge is 0.476 e. The van der Waals surface area contributed by atoms with Crippen molar-refractivity contribution in [3.8, 4) is 5.75 Å². The summed E-state index contributed by atoms with van der Waals surface area (Å²) in [5, 5.41) is 1.46. The molecule has 32 heavy (non-hydrogen) atoms. The molecule has 6 rings (SSSR count). The molecule has 0 amide bonds. The van der Waals surface area contributed by atoms with Gasteiger partial charge >= 0.3 is 11.6 Å². The smallest absolute Gasteiger partial charge is 0.348 e. The lowest BCUT2D eigenvalue weighted by atomic mass is 9.88. The fourth-order valence-electron chi connectivity index (χ4n) is 5.02. The second kappa shape index (κ2) is 6.82. The van der Waals surface area contributed by atoms with Crippen LogP contribution in [-0.4, -0.2) is 23.2 Å². The van der Waals surface area contributed by atoms with Crippen LogP contribution in [0.5, 0.6) is 5.75 Å². The predicted octanol–water partition coefficient (Wildman–Crippen LogP) is 3.12. The first-order chi connectivity index (χ1) is 15.6. The van der Waals surface area contributed by atoms with Gasteiger partial charge in [0.05, 0.1) is 29.0 Å². The summed E-state index contributed by atoms with van der Waals surface area (Å²) >= 11 is 0. The van der Waals surface area contributed by atoms with E-state index in [-0.39, 0.29) is 23.5 Å². The Morgan fingerprint density at radius 2 is 2.00 bits per heavy atom. The van der Waals surface area contributed by atoms with Crippen molar-refractivity contribution in [3.05, 3.63) is 86.0 Å². The Bertz CT molecular complexity index is 1550. The van der Waals surface area contributed by atoms with E-state index in [0.29, 0.717) is 23.1 Å². The average molecular weight is 429 g/mol. The Kier molecular flexibility index (Phi) is 4.02. The van der Waals surface area contributed by atoms with Crippen LogP contribution in [0.3, 0.4) is 0 Å². The maximum Gasteiger partial charge on any atom is 0.348 e. The van der Waals surface area contributed by atoms with E-state index in [0.717, 1.165) is 22.9 Å². The molecular formula is C25H19NO6. The molecule has 2 aromatic heterocycles. The Morgan fingerprint density at radius 3 is 2.84 bits per heavy atom. The van der Waals surface area contributed by atoms with Crippen LogP contribution >= 0.6 is 0 Å². The minimum atomic E-state index is -1.15. The molecule has 0 saturated heterocycles. The molecule has 0 bridgehead atoms. The van der Waals surface area contributed by atoms with Crippen molar-refractivity contribution in [2.75, 3.05) is 6.61 Å². The zero-order valence-electron chi connectivity index (χ0n) is 17.3. The number of para-hydroxylation sites is 2. The fraction of sp³-hybridized carbons (Fsp3) is 0.240. The number of aromatic nitrogens is 1. The number of hydrogen-bond acceptors (Lipinski definition) is 6. The highest BCUT2D eigenvalue weighted by Gasteiger charge is 2.46. The van der Waals surface area contributed by atoms with Crippen molar-refractivity contribution in [1.29, 1.82) is 0 Å². The van der Waals surface area contributed by atoms with Crippen molar-refractivity contribution in [3.63, 3.8) is 0 Å². The van der Waals surface area contributed by atoms with Gasteiger partial charge in [-0.1, -0.05) is 30.3 Å². The molecule has 0 aliphatic carbocycles. The average Bonchev–Trinajstić information content (AvgIpc) is 3.40. The molecule has 160 valence electrons. The molecular weight excluding hydrogens is 410 g/mol. The number of benzene rings is 2. The molecule has 0 radical (unpaired) electrons. The third-order valence-corrected chi connectivity index (χ3v) is 6.34. The van der Waals surface area contributed by atoms with Crippen LogP contribution in [0.25, 0.3) is 21.9 Å². The van der Waals surface area contributed by atoms with E-state index < -0.39 is 23.6 Å². The molecule has 2 aliphatic heterocycles. The Labute approximate surface area is 181 Å². The van der Waals surface area contributed by atoms with Gasteiger partial charge in [-0.2, -0.15) is 0 Å². The minimum absolute atomic E-state index is 0.155. The van der Waals surface area contributed by atoms with E-state index in [1.165, 1.54) is 0 Å². The number of esters is 1. The third kappa shape index (κ3) is 2.51. The number of carbonyl (C=O) groups excluding carboxylic acids is 1. The van der Waals surface area contributed by atoms with E-state index in [1.54, 1.807) is 41.8 Å². The van der Waals surface area contributed by atoms with Gasteiger partial charge in [0.1, 0.15) is 11.3 Å². The number of carbonyl (C=O) groups is 1. The maximum atomic E-state index is 13.6.